The number of benzene rings is 1. The van der Waals surface area contributed by atoms with Gasteiger partial charge in [0.05, 0.1) is 5.41 Å². The number of ether oxygens (including phenoxy) is 1. The Morgan fingerprint density at radius 1 is 1.17 bits per heavy atom. The normalized spacial score (nSPS) is 33.7. The Kier molecular flexibility index (Phi) is 6.26. The van der Waals surface area contributed by atoms with E-state index in [1.165, 1.54) is 16.7 Å². The number of methoxy groups -OCH3 is 1. The highest BCUT2D eigenvalue weighted by Gasteiger charge is 2.65. The van der Waals surface area contributed by atoms with E-state index >= 15 is 0 Å². The molecule has 1 aromatic carbocycles. The summed E-state index contributed by atoms with van der Waals surface area (Å²) in [6.07, 6.45) is 8.13. The monoisotopic (exact) mass is 471 g/mol. The van der Waals surface area contributed by atoms with Gasteiger partial charge in [-0.2, -0.15) is 0 Å². The van der Waals surface area contributed by atoms with Crippen molar-refractivity contribution in [1.82, 2.24) is 0 Å². The average Bonchev–Trinajstić information content (AvgIpc) is 3.16. The van der Waals surface area contributed by atoms with Crippen molar-refractivity contribution in [3.05, 3.63) is 52.6 Å². The molecule has 2 fully saturated rings. The smallest absolute Gasteiger partial charge is 0.176 e. The third-order valence-corrected chi connectivity index (χ3v) is 9.62. The maximum absolute atomic E-state index is 13.7. The molecule has 0 saturated heterocycles. The minimum Gasteiger partial charge on any atom is -0.388 e. The molecule has 1 aromatic rings. The number of fused-ring (bicyclic) bond motifs is 4. The van der Waals surface area contributed by atoms with E-state index in [2.05, 4.69) is 48.3 Å². The van der Waals surface area contributed by atoms with Crippen LogP contribution in [-0.4, -0.2) is 32.3 Å². The molecule has 5 atom stereocenters. The van der Waals surface area contributed by atoms with Gasteiger partial charge >= 0.3 is 0 Å². The fourth-order valence-electron chi connectivity index (χ4n) is 8.07. The zero-order valence-electron chi connectivity index (χ0n) is 21.5. The van der Waals surface area contributed by atoms with E-state index in [0.717, 1.165) is 44.2 Å². The molecule has 184 valence electrons. The summed E-state index contributed by atoms with van der Waals surface area (Å²) in [5.41, 5.74) is 5.76. The minimum atomic E-state index is -0.666. The van der Waals surface area contributed by atoms with Gasteiger partial charge < -0.3 is 10.1 Å². The van der Waals surface area contributed by atoms with Crippen molar-refractivity contribution >= 4 is 17.3 Å². The molecule has 0 heterocycles. The van der Waals surface area contributed by atoms with Crippen LogP contribution in [0.4, 0.5) is 5.69 Å². The van der Waals surface area contributed by atoms with Crippen LogP contribution in [0.2, 0.25) is 0 Å². The quantitative estimate of drug-likeness (QED) is 0.547. The molecule has 4 nitrogen and oxygen atoms in total. The van der Waals surface area contributed by atoms with E-state index < -0.39 is 5.41 Å². The third-order valence-electron chi connectivity index (χ3n) is 9.62. The van der Waals surface area contributed by atoms with Crippen molar-refractivity contribution in [3.63, 3.8) is 0 Å². The summed E-state index contributed by atoms with van der Waals surface area (Å²) in [4.78, 5) is 25.9. The van der Waals surface area contributed by atoms with Crippen LogP contribution >= 0.6 is 0 Å². The summed E-state index contributed by atoms with van der Waals surface area (Å²) >= 11 is 0. The van der Waals surface area contributed by atoms with Crippen LogP contribution in [-0.2, 0) is 14.3 Å². The number of anilines is 1. The number of allylic oxidation sites excluding steroid dienone is 4. The van der Waals surface area contributed by atoms with E-state index in [9.17, 15) is 9.59 Å². The Morgan fingerprint density at radius 2 is 1.94 bits per heavy atom. The largest absolute Gasteiger partial charge is 0.388 e. The van der Waals surface area contributed by atoms with Crippen LogP contribution in [0.5, 0.6) is 0 Å². The molecule has 0 spiro atoms. The van der Waals surface area contributed by atoms with Crippen molar-refractivity contribution in [2.75, 3.05) is 26.1 Å². The maximum Gasteiger partial charge on any atom is 0.176 e. The standard InChI is InChI=1S/C31H37NO3/c1-5-15-31(28(34)19-35-4)16-14-27-25-12-8-21-17-23(33)11-13-24(21)29(25)26(18-30(27,31)2)20-6-9-22(32-3)10-7-20/h6-7,9-10,17,25-27,32H,8,11-14,16,18-19H2,1-4H3/t25-,26+,27-,30-,31+/m0/s1. The lowest BCUT2D eigenvalue weighted by Gasteiger charge is -2.54. The summed E-state index contributed by atoms with van der Waals surface area (Å²) in [5.74, 6) is 8.09. The number of hydrogen-bond donors (Lipinski definition) is 1. The number of Topliss-reactive ketones (excluding diaryl/α,β-unsaturated/α-hetero) is 1. The van der Waals surface area contributed by atoms with Gasteiger partial charge in [-0.15, -0.1) is 5.92 Å². The molecule has 4 aliphatic rings. The van der Waals surface area contributed by atoms with Gasteiger partial charge in [-0.3, -0.25) is 9.59 Å². The third kappa shape index (κ3) is 3.62. The van der Waals surface area contributed by atoms with Crippen molar-refractivity contribution in [2.24, 2.45) is 22.7 Å². The SMILES string of the molecule is CC#C[C@]1(C(=O)COC)CC[C@H]2[C@@H]3CCC4=CC(=O)CCC4=C3[C@@H](c3ccc(NC)cc3)C[C@@]21C. The summed E-state index contributed by atoms with van der Waals surface area (Å²) in [6.45, 7) is 4.32. The molecule has 0 radical (unpaired) electrons. The van der Waals surface area contributed by atoms with Gasteiger partial charge in [-0.1, -0.05) is 30.6 Å². The Balaban J connectivity index is 1.69. The summed E-state index contributed by atoms with van der Waals surface area (Å²) in [7, 11) is 3.55. The highest BCUT2D eigenvalue weighted by Crippen LogP contribution is 2.69. The predicted octanol–water partition coefficient (Wildman–Crippen LogP) is 5.85. The van der Waals surface area contributed by atoms with Crippen LogP contribution < -0.4 is 5.32 Å². The van der Waals surface area contributed by atoms with Crippen molar-refractivity contribution in [1.29, 1.82) is 0 Å². The molecule has 0 aromatic heterocycles. The molecule has 1 N–H and O–H groups in total. The Morgan fingerprint density at radius 3 is 2.63 bits per heavy atom. The number of hydrogen-bond acceptors (Lipinski definition) is 4. The number of nitrogens with one attached hydrogen (secondary N) is 1. The molecule has 5 rings (SSSR count). The molecule has 2 saturated carbocycles. The van der Waals surface area contributed by atoms with Gasteiger partial charge in [0, 0.05) is 32.2 Å². The Labute approximate surface area is 209 Å². The molecular formula is C31H37NO3. The highest BCUT2D eigenvalue weighted by molar-refractivity contribution is 5.93. The van der Waals surface area contributed by atoms with E-state index in [1.807, 2.05) is 20.0 Å². The molecule has 4 aliphatic carbocycles. The van der Waals surface area contributed by atoms with Crippen LogP contribution in [0, 0.1) is 34.5 Å². The lowest BCUT2D eigenvalue weighted by molar-refractivity contribution is -0.136. The van der Waals surface area contributed by atoms with E-state index in [4.69, 9.17) is 4.74 Å². The van der Waals surface area contributed by atoms with E-state index in [0.29, 0.717) is 18.3 Å². The Bertz CT molecular complexity index is 1160. The molecule has 35 heavy (non-hydrogen) atoms. The topological polar surface area (TPSA) is 55.4 Å². The average molecular weight is 472 g/mol. The molecule has 0 amide bonds. The number of carbonyl (C=O) groups excluding carboxylic acids is 2. The number of rotatable bonds is 5. The second-order valence-corrected chi connectivity index (χ2v) is 11.0. The van der Waals surface area contributed by atoms with Crippen molar-refractivity contribution in [2.45, 2.75) is 64.7 Å². The van der Waals surface area contributed by atoms with Gasteiger partial charge in [0.2, 0.25) is 0 Å². The van der Waals surface area contributed by atoms with Gasteiger partial charge in [-0.05, 0) is 97.6 Å². The van der Waals surface area contributed by atoms with Gasteiger partial charge in [0.15, 0.2) is 11.6 Å². The lowest BCUT2D eigenvalue weighted by Crippen LogP contribution is -2.51. The fraction of sp³-hybridized carbons (Fsp3) is 0.548. The van der Waals surface area contributed by atoms with Crippen molar-refractivity contribution < 1.29 is 14.3 Å². The Hall–Kier alpha value is -2.64. The highest BCUT2D eigenvalue weighted by atomic mass is 16.5. The second kappa shape index (κ2) is 9.10. The van der Waals surface area contributed by atoms with E-state index in [1.54, 1.807) is 12.7 Å². The van der Waals surface area contributed by atoms with Gasteiger partial charge in [0.25, 0.3) is 0 Å². The summed E-state index contributed by atoms with van der Waals surface area (Å²) < 4.78 is 5.36. The second-order valence-electron chi connectivity index (χ2n) is 11.0. The minimum absolute atomic E-state index is 0.117. The zero-order chi connectivity index (χ0) is 24.8. The fourth-order valence-corrected chi connectivity index (χ4v) is 8.07. The van der Waals surface area contributed by atoms with E-state index in [-0.39, 0.29) is 29.5 Å². The predicted molar refractivity (Wildman–Crippen MR) is 139 cm³/mol. The zero-order valence-corrected chi connectivity index (χ0v) is 21.5. The maximum atomic E-state index is 13.7. The van der Waals surface area contributed by atoms with Crippen LogP contribution in [0.25, 0.3) is 0 Å². The molecule has 0 aliphatic heterocycles. The number of ketones is 2. The van der Waals surface area contributed by atoms with Crippen molar-refractivity contribution in [3.8, 4) is 11.8 Å². The molecular weight excluding hydrogens is 434 g/mol. The lowest BCUT2D eigenvalue weighted by atomic mass is 9.48. The van der Waals surface area contributed by atoms with Crippen LogP contribution in [0.15, 0.2) is 47.1 Å². The van der Waals surface area contributed by atoms with Gasteiger partial charge in [-0.25, -0.2) is 0 Å². The summed E-state index contributed by atoms with van der Waals surface area (Å²) in [6, 6.07) is 8.79. The van der Waals surface area contributed by atoms with Crippen LogP contribution in [0.3, 0.4) is 0 Å². The molecule has 4 heteroatoms. The molecule has 0 bridgehead atoms. The first-order valence-electron chi connectivity index (χ1n) is 13.1. The molecule has 0 unspecified atom stereocenters. The first-order valence-corrected chi connectivity index (χ1v) is 13.1. The number of carbonyl (C=O) groups is 2. The van der Waals surface area contributed by atoms with Gasteiger partial charge in [0.1, 0.15) is 6.61 Å². The first-order chi connectivity index (χ1) is 16.9. The first kappa shape index (κ1) is 24.1. The van der Waals surface area contributed by atoms with Crippen LogP contribution in [0.1, 0.15) is 70.3 Å². The summed E-state index contributed by atoms with van der Waals surface area (Å²) in [5, 5.41) is 3.23.